The molecule has 5 heteroatoms. The minimum atomic E-state index is -0.707. The normalized spacial score (nSPS) is 10.3. The summed E-state index contributed by atoms with van der Waals surface area (Å²) in [7, 11) is 0. The third-order valence-corrected chi connectivity index (χ3v) is 2.48. The molecule has 0 spiro atoms. The van der Waals surface area contributed by atoms with Crippen molar-refractivity contribution >= 4 is 5.82 Å². The van der Waals surface area contributed by atoms with E-state index in [1.165, 1.54) is 6.07 Å². The third-order valence-electron chi connectivity index (χ3n) is 2.48. The van der Waals surface area contributed by atoms with E-state index in [-0.39, 0.29) is 12.4 Å². The minimum Gasteiger partial charge on any atom is -0.483 e. The van der Waals surface area contributed by atoms with E-state index >= 15 is 0 Å². The maximum Gasteiger partial charge on any atom is 0.191 e. The zero-order chi connectivity index (χ0) is 13.7. The summed E-state index contributed by atoms with van der Waals surface area (Å²) in [5.41, 5.74) is 0.786. The van der Waals surface area contributed by atoms with Crippen molar-refractivity contribution in [3.63, 3.8) is 0 Å². The molecule has 0 unspecified atom stereocenters. The lowest BCUT2D eigenvalue weighted by molar-refractivity contribution is 0.274. The summed E-state index contributed by atoms with van der Waals surface area (Å²) in [6.45, 7) is 2.79. The quantitative estimate of drug-likeness (QED) is 0.899. The molecular weight excluding hydrogens is 250 g/mol. The van der Waals surface area contributed by atoms with Gasteiger partial charge in [-0.25, -0.2) is 13.8 Å². The molecule has 19 heavy (non-hydrogen) atoms. The Morgan fingerprint density at radius 3 is 2.63 bits per heavy atom. The van der Waals surface area contributed by atoms with Gasteiger partial charge in [0.05, 0.1) is 0 Å². The van der Waals surface area contributed by atoms with Crippen LogP contribution in [0.5, 0.6) is 5.75 Å². The van der Waals surface area contributed by atoms with Crippen LogP contribution in [0.3, 0.4) is 0 Å². The standard InChI is InChI=1S/C14H14F2N2O/c1-2-17-13-8-10(6-7-18-13)9-19-14-11(15)4-3-5-12(14)16/h3-8H,2,9H2,1H3,(H,17,18). The van der Waals surface area contributed by atoms with E-state index in [1.807, 2.05) is 6.92 Å². The molecule has 0 aliphatic rings. The first-order chi connectivity index (χ1) is 9.20. The average Bonchev–Trinajstić information content (AvgIpc) is 2.39. The highest BCUT2D eigenvalue weighted by Crippen LogP contribution is 2.22. The topological polar surface area (TPSA) is 34.1 Å². The van der Waals surface area contributed by atoms with Crippen molar-refractivity contribution in [2.24, 2.45) is 0 Å². The van der Waals surface area contributed by atoms with Gasteiger partial charge in [0.1, 0.15) is 12.4 Å². The maximum absolute atomic E-state index is 13.4. The van der Waals surface area contributed by atoms with Gasteiger partial charge >= 0.3 is 0 Å². The number of anilines is 1. The van der Waals surface area contributed by atoms with Gasteiger partial charge in [0, 0.05) is 12.7 Å². The lowest BCUT2D eigenvalue weighted by Gasteiger charge is -2.09. The zero-order valence-corrected chi connectivity index (χ0v) is 10.5. The number of benzene rings is 1. The second-order valence-electron chi connectivity index (χ2n) is 3.92. The van der Waals surface area contributed by atoms with Crippen LogP contribution in [-0.2, 0) is 6.61 Å². The molecule has 0 aliphatic heterocycles. The molecule has 1 heterocycles. The van der Waals surface area contributed by atoms with Crippen LogP contribution in [0, 0.1) is 11.6 Å². The van der Waals surface area contributed by atoms with Gasteiger partial charge in [0.2, 0.25) is 0 Å². The van der Waals surface area contributed by atoms with E-state index in [2.05, 4.69) is 10.3 Å². The SMILES string of the molecule is CCNc1cc(COc2c(F)cccc2F)ccn1. The van der Waals surface area contributed by atoms with Crippen LogP contribution in [0.1, 0.15) is 12.5 Å². The van der Waals surface area contributed by atoms with Gasteiger partial charge in [0.25, 0.3) is 0 Å². The first kappa shape index (κ1) is 13.3. The molecule has 0 aliphatic carbocycles. The van der Waals surface area contributed by atoms with E-state index in [1.54, 1.807) is 18.3 Å². The van der Waals surface area contributed by atoms with Crippen LogP contribution in [0.15, 0.2) is 36.5 Å². The summed E-state index contributed by atoms with van der Waals surface area (Å²) in [5.74, 6) is -1.07. The number of nitrogens with zero attached hydrogens (tertiary/aromatic N) is 1. The Morgan fingerprint density at radius 2 is 1.95 bits per heavy atom. The van der Waals surface area contributed by atoms with Crippen molar-refractivity contribution < 1.29 is 13.5 Å². The van der Waals surface area contributed by atoms with Crippen LogP contribution in [-0.4, -0.2) is 11.5 Å². The molecule has 2 aromatic rings. The fourth-order valence-corrected chi connectivity index (χ4v) is 1.62. The monoisotopic (exact) mass is 264 g/mol. The fourth-order valence-electron chi connectivity index (χ4n) is 1.62. The van der Waals surface area contributed by atoms with Crippen molar-refractivity contribution in [3.8, 4) is 5.75 Å². The first-order valence-corrected chi connectivity index (χ1v) is 5.96. The van der Waals surface area contributed by atoms with Crippen LogP contribution < -0.4 is 10.1 Å². The van der Waals surface area contributed by atoms with Crippen molar-refractivity contribution in [2.45, 2.75) is 13.5 Å². The lowest BCUT2D eigenvalue weighted by atomic mass is 10.2. The summed E-state index contributed by atoms with van der Waals surface area (Å²) < 4.78 is 31.9. The van der Waals surface area contributed by atoms with Gasteiger partial charge in [-0.2, -0.15) is 0 Å². The molecule has 0 atom stereocenters. The molecule has 2 rings (SSSR count). The third kappa shape index (κ3) is 3.40. The lowest BCUT2D eigenvalue weighted by Crippen LogP contribution is -2.03. The first-order valence-electron chi connectivity index (χ1n) is 5.96. The summed E-state index contributed by atoms with van der Waals surface area (Å²) in [4.78, 5) is 4.10. The number of para-hydroxylation sites is 1. The Balaban J connectivity index is 2.08. The number of hydrogen-bond acceptors (Lipinski definition) is 3. The van der Waals surface area contributed by atoms with E-state index < -0.39 is 11.6 Å². The maximum atomic E-state index is 13.4. The molecule has 1 aromatic heterocycles. The van der Waals surface area contributed by atoms with E-state index in [0.717, 1.165) is 24.2 Å². The number of ether oxygens (including phenoxy) is 1. The van der Waals surface area contributed by atoms with E-state index in [0.29, 0.717) is 5.82 Å². The van der Waals surface area contributed by atoms with Crippen molar-refractivity contribution in [1.82, 2.24) is 4.98 Å². The van der Waals surface area contributed by atoms with Crippen molar-refractivity contribution in [3.05, 3.63) is 53.7 Å². The summed E-state index contributed by atoms with van der Waals surface area (Å²) in [6, 6.07) is 7.14. The highest BCUT2D eigenvalue weighted by Gasteiger charge is 2.09. The molecule has 0 bridgehead atoms. The fraction of sp³-hybridized carbons (Fsp3) is 0.214. The smallest absolute Gasteiger partial charge is 0.191 e. The van der Waals surface area contributed by atoms with Gasteiger partial charge in [-0.3, -0.25) is 0 Å². The van der Waals surface area contributed by atoms with Crippen LogP contribution >= 0.6 is 0 Å². The van der Waals surface area contributed by atoms with Crippen molar-refractivity contribution in [2.75, 3.05) is 11.9 Å². The zero-order valence-electron chi connectivity index (χ0n) is 10.5. The summed E-state index contributed by atoms with van der Waals surface area (Å²) in [5, 5.41) is 3.05. The van der Waals surface area contributed by atoms with Gasteiger partial charge in [-0.05, 0) is 36.8 Å². The van der Waals surface area contributed by atoms with Gasteiger partial charge in [0.15, 0.2) is 17.4 Å². The number of nitrogens with one attached hydrogen (secondary N) is 1. The van der Waals surface area contributed by atoms with Crippen molar-refractivity contribution in [1.29, 1.82) is 0 Å². The Labute approximate surface area is 110 Å². The predicted molar refractivity (Wildman–Crippen MR) is 69.1 cm³/mol. The van der Waals surface area contributed by atoms with Crippen LogP contribution in [0.25, 0.3) is 0 Å². The van der Waals surface area contributed by atoms with E-state index in [4.69, 9.17) is 4.74 Å². The molecule has 0 saturated carbocycles. The number of hydrogen-bond donors (Lipinski definition) is 1. The molecule has 1 N–H and O–H groups in total. The van der Waals surface area contributed by atoms with Gasteiger partial charge in [-0.15, -0.1) is 0 Å². The Morgan fingerprint density at radius 1 is 1.21 bits per heavy atom. The summed E-state index contributed by atoms with van der Waals surface area (Å²) >= 11 is 0. The molecule has 0 radical (unpaired) electrons. The number of pyridine rings is 1. The molecule has 3 nitrogen and oxygen atoms in total. The van der Waals surface area contributed by atoms with Gasteiger partial charge < -0.3 is 10.1 Å². The van der Waals surface area contributed by atoms with Crippen LogP contribution in [0.2, 0.25) is 0 Å². The molecule has 0 saturated heterocycles. The number of rotatable bonds is 5. The molecule has 100 valence electrons. The Kier molecular flexibility index (Phi) is 4.28. The largest absolute Gasteiger partial charge is 0.483 e. The Bertz CT molecular complexity index is 541. The second-order valence-corrected chi connectivity index (χ2v) is 3.92. The molecule has 0 fully saturated rings. The number of halogens is 2. The molecule has 0 amide bonds. The number of aromatic nitrogens is 1. The Hall–Kier alpha value is -2.17. The highest BCUT2D eigenvalue weighted by atomic mass is 19.1. The molecular formula is C14H14F2N2O. The molecule has 1 aromatic carbocycles. The predicted octanol–water partition coefficient (Wildman–Crippen LogP) is 3.37. The average molecular weight is 264 g/mol. The van der Waals surface area contributed by atoms with Gasteiger partial charge in [-0.1, -0.05) is 6.07 Å². The second kappa shape index (κ2) is 6.13. The highest BCUT2D eigenvalue weighted by molar-refractivity contribution is 5.37. The minimum absolute atomic E-state index is 0.0821. The van der Waals surface area contributed by atoms with Crippen LogP contribution in [0.4, 0.5) is 14.6 Å². The van der Waals surface area contributed by atoms with E-state index in [9.17, 15) is 8.78 Å². The summed E-state index contributed by atoms with van der Waals surface area (Å²) in [6.07, 6.45) is 1.62.